The summed E-state index contributed by atoms with van der Waals surface area (Å²) in [6.45, 7) is 6.03. The number of halogens is 1. The molecule has 5 nitrogen and oxygen atoms in total. The summed E-state index contributed by atoms with van der Waals surface area (Å²) in [4.78, 5) is 17.3. The zero-order valence-corrected chi connectivity index (χ0v) is 19.5. The monoisotopic (exact) mass is 440 g/mol. The van der Waals surface area contributed by atoms with Gasteiger partial charge in [-0.1, -0.05) is 0 Å². The van der Waals surface area contributed by atoms with Gasteiger partial charge < -0.3 is 19.3 Å². The van der Waals surface area contributed by atoms with E-state index < -0.39 is 0 Å². The third kappa shape index (κ3) is 4.90. The molecule has 0 N–H and O–H groups in total. The van der Waals surface area contributed by atoms with Crippen LogP contribution in [0.25, 0.3) is 0 Å². The van der Waals surface area contributed by atoms with E-state index in [1.165, 1.54) is 6.07 Å². The van der Waals surface area contributed by atoms with Crippen LogP contribution in [0.3, 0.4) is 0 Å². The van der Waals surface area contributed by atoms with Crippen molar-refractivity contribution in [1.29, 1.82) is 0 Å². The molecule has 32 heavy (non-hydrogen) atoms. The SMILES string of the molecule is CC(C)Oc1ccc(C(=O)N2CCC3(CCc4cc(F)ccc4O3)CC2)cc1CN(C)C. The summed E-state index contributed by atoms with van der Waals surface area (Å²) in [5.74, 6) is 1.44. The lowest BCUT2D eigenvalue weighted by Gasteiger charge is -2.44. The smallest absolute Gasteiger partial charge is 0.253 e. The van der Waals surface area contributed by atoms with Crippen LogP contribution in [0.15, 0.2) is 36.4 Å². The van der Waals surface area contributed by atoms with E-state index in [-0.39, 0.29) is 23.4 Å². The average Bonchev–Trinajstić information content (AvgIpc) is 2.75. The first-order valence-corrected chi connectivity index (χ1v) is 11.5. The highest BCUT2D eigenvalue weighted by Gasteiger charge is 2.40. The van der Waals surface area contributed by atoms with Gasteiger partial charge in [0.1, 0.15) is 22.9 Å². The van der Waals surface area contributed by atoms with E-state index in [1.54, 1.807) is 12.1 Å². The number of carbonyl (C=O) groups is 1. The van der Waals surface area contributed by atoms with Gasteiger partial charge in [-0.15, -0.1) is 0 Å². The first kappa shape index (κ1) is 22.6. The molecule has 1 spiro atoms. The Kier molecular flexibility index (Phi) is 6.42. The summed E-state index contributed by atoms with van der Waals surface area (Å²) in [5, 5.41) is 0. The second kappa shape index (κ2) is 9.10. The van der Waals surface area contributed by atoms with E-state index in [4.69, 9.17) is 9.47 Å². The van der Waals surface area contributed by atoms with E-state index in [0.717, 1.165) is 48.3 Å². The van der Waals surface area contributed by atoms with Gasteiger partial charge in [-0.2, -0.15) is 0 Å². The maximum Gasteiger partial charge on any atom is 0.253 e. The number of benzene rings is 2. The molecule has 4 rings (SSSR count). The molecular formula is C26H33FN2O3. The highest BCUT2D eigenvalue weighted by Crippen LogP contribution is 2.39. The number of rotatable bonds is 5. The Morgan fingerprint density at radius 1 is 1.16 bits per heavy atom. The van der Waals surface area contributed by atoms with E-state index in [2.05, 4.69) is 4.90 Å². The minimum Gasteiger partial charge on any atom is -0.491 e. The van der Waals surface area contributed by atoms with Crippen LogP contribution in [0, 0.1) is 5.82 Å². The standard InChI is InChI=1S/C26H33FN2O3/c1-18(2)31-23-7-5-20(15-21(23)17-28(3)4)25(30)29-13-11-26(12-14-29)10-9-19-16-22(27)6-8-24(19)32-26/h5-8,15-16,18H,9-14,17H2,1-4H3. The van der Waals surface area contributed by atoms with Gasteiger partial charge in [0, 0.05) is 43.6 Å². The number of likely N-dealkylation sites (tertiary alicyclic amines) is 1. The van der Waals surface area contributed by atoms with Crippen LogP contribution in [0.4, 0.5) is 4.39 Å². The van der Waals surface area contributed by atoms with E-state index in [9.17, 15) is 9.18 Å². The van der Waals surface area contributed by atoms with Gasteiger partial charge in [0.2, 0.25) is 0 Å². The molecule has 172 valence electrons. The molecule has 2 aliphatic rings. The average molecular weight is 441 g/mol. The van der Waals surface area contributed by atoms with Crippen LogP contribution in [0.5, 0.6) is 11.5 Å². The maximum atomic E-state index is 13.5. The fourth-order valence-electron chi connectivity index (χ4n) is 4.69. The summed E-state index contributed by atoms with van der Waals surface area (Å²) in [6.07, 6.45) is 3.32. The molecule has 0 aliphatic carbocycles. The number of fused-ring (bicyclic) bond motifs is 1. The Morgan fingerprint density at radius 2 is 1.91 bits per heavy atom. The van der Waals surface area contributed by atoms with Gasteiger partial charge in [0.05, 0.1) is 6.10 Å². The predicted molar refractivity (Wildman–Crippen MR) is 123 cm³/mol. The van der Waals surface area contributed by atoms with Crippen LogP contribution in [0.1, 0.15) is 54.6 Å². The second-order valence-electron chi connectivity index (χ2n) is 9.56. The number of carbonyl (C=O) groups excluding carboxylic acids is 1. The zero-order chi connectivity index (χ0) is 22.9. The van der Waals surface area contributed by atoms with Crippen molar-refractivity contribution in [2.75, 3.05) is 27.2 Å². The highest BCUT2D eigenvalue weighted by molar-refractivity contribution is 5.94. The summed E-state index contributed by atoms with van der Waals surface area (Å²) in [7, 11) is 4.02. The fraction of sp³-hybridized carbons (Fsp3) is 0.500. The van der Waals surface area contributed by atoms with Gasteiger partial charge in [0.25, 0.3) is 5.91 Å². The lowest BCUT2D eigenvalue weighted by molar-refractivity contribution is -0.0108. The Balaban J connectivity index is 1.45. The molecule has 1 fully saturated rings. The minimum atomic E-state index is -0.257. The Bertz CT molecular complexity index is 981. The number of amides is 1. The molecule has 0 unspecified atom stereocenters. The lowest BCUT2D eigenvalue weighted by atomic mass is 9.83. The normalized spacial score (nSPS) is 17.4. The van der Waals surface area contributed by atoms with Crippen molar-refractivity contribution in [2.45, 2.75) is 57.8 Å². The van der Waals surface area contributed by atoms with Gasteiger partial charge in [-0.05, 0) is 82.7 Å². The Morgan fingerprint density at radius 3 is 2.59 bits per heavy atom. The van der Waals surface area contributed by atoms with Gasteiger partial charge in [0.15, 0.2) is 0 Å². The van der Waals surface area contributed by atoms with Gasteiger partial charge in [-0.25, -0.2) is 4.39 Å². The quantitative estimate of drug-likeness (QED) is 0.677. The molecule has 0 aromatic heterocycles. The molecule has 1 saturated heterocycles. The number of piperidine rings is 1. The van der Waals surface area contributed by atoms with Crippen LogP contribution >= 0.6 is 0 Å². The zero-order valence-electron chi connectivity index (χ0n) is 19.5. The number of aryl methyl sites for hydroxylation is 1. The Hall–Kier alpha value is -2.60. The fourth-order valence-corrected chi connectivity index (χ4v) is 4.69. The van der Waals surface area contributed by atoms with E-state index in [0.29, 0.717) is 25.2 Å². The molecule has 6 heteroatoms. The largest absolute Gasteiger partial charge is 0.491 e. The Labute approximate surface area is 190 Å². The third-order valence-electron chi connectivity index (χ3n) is 6.32. The summed E-state index contributed by atoms with van der Waals surface area (Å²) >= 11 is 0. The summed E-state index contributed by atoms with van der Waals surface area (Å²) in [6, 6.07) is 10.5. The van der Waals surface area contributed by atoms with E-state index >= 15 is 0 Å². The maximum absolute atomic E-state index is 13.5. The summed E-state index contributed by atoms with van der Waals surface area (Å²) < 4.78 is 25.8. The van der Waals surface area contributed by atoms with Crippen molar-refractivity contribution in [3.05, 3.63) is 58.9 Å². The molecule has 0 radical (unpaired) electrons. The second-order valence-corrected chi connectivity index (χ2v) is 9.56. The van der Waals surface area contributed by atoms with Crippen LogP contribution in [-0.4, -0.2) is 54.6 Å². The first-order valence-electron chi connectivity index (χ1n) is 11.5. The predicted octanol–water partition coefficient (Wildman–Crippen LogP) is 4.67. The van der Waals surface area contributed by atoms with Crippen molar-refractivity contribution in [1.82, 2.24) is 9.80 Å². The van der Waals surface area contributed by atoms with Crippen molar-refractivity contribution < 1.29 is 18.7 Å². The third-order valence-corrected chi connectivity index (χ3v) is 6.32. The number of nitrogens with zero attached hydrogens (tertiary/aromatic N) is 2. The highest BCUT2D eigenvalue weighted by atomic mass is 19.1. The number of ether oxygens (including phenoxy) is 2. The first-order chi connectivity index (χ1) is 15.2. The van der Waals surface area contributed by atoms with Crippen molar-refractivity contribution >= 4 is 5.91 Å². The molecule has 2 aromatic rings. The van der Waals surface area contributed by atoms with Gasteiger partial charge in [-0.3, -0.25) is 4.79 Å². The molecule has 1 amide bonds. The van der Waals surface area contributed by atoms with Crippen molar-refractivity contribution in [3.63, 3.8) is 0 Å². The molecule has 0 atom stereocenters. The molecule has 2 heterocycles. The van der Waals surface area contributed by atoms with Crippen LogP contribution in [0.2, 0.25) is 0 Å². The molecule has 2 aromatic carbocycles. The summed E-state index contributed by atoms with van der Waals surface area (Å²) in [5.41, 5.74) is 2.39. The molecular weight excluding hydrogens is 407 g/mol. The van der Waals surface area contributed by atoms with Crippen LogP contribution < -0.4 is 9.47 Å². The molecule has 0 saturated carbocycles. The van der Waals surface area contributed by atoms with E-state index in [1.807, 2.05) is 51.0 Å². The minimum absolute atomic E-state index is 0.0502. The lowest BCUT2D eigenvalue weighted by Crippen LogP contribution is -2.51. The molecule has 0 bridgehead atoms. The number of hydrogen-bond donors (Lipinski definition) is 0. The topological polar surface area (TPSA) is 42.0 Å². The van der Waals surface area contributed by atoms with Crippen LogP contribution in [-0.2, 0) is 13.0 Å². The molecule has 2 aliphatic heterocycles. The van der Waals surface area contributed by atoms with Crippen molar-refractivity contribution in [3.8, 4) is 11.5 Å². The van der Waals surface area contributed by atoms with Crippen molar-refractivity contribution in [2.24, 2.45) is 0 Å². The van der Waals surface area contributed by atoms with Gasteiger partial charge >= 0.3 is 0 Å². The number of hydrogen-bond acceptors (Lipinski definition) is 4.